The predicted molar refractivity (Wildman–Crippen MR) is 84.6 cm³/mol. The van der Waals surface area contributed by atoms with E-state index in [1.54, 1.807) is 25.3 Å². The largest absolute Gasteiger partial charge is 0.469 e. The first-order valence-electron chi connectivity index (χ1n) is 7.35. The zero-order chi connectivity index (χ0) is 15.8. The number of rotatable bonds is 7. The van der Waals surface area contributed by atoms with Crippen molar-refractivity contribution in [3.05, 3.63) is 60.1 Å². The van der Waals surface area contributed by atoms with Gasteiger partial charge in [-0.3, -0.25) is 0 Å². The van der Waals surface area contributed by atoms with Crippen LogP contribution in [0.3, 0.4) is 0 Å². The third-order valence-electron chi connectivity index (χ3n) is 3.31. The lowest BCUT2D eigenvalue weighted by Crippen LogP contribution is -2.46. The highest BCUT2D eigenvalue weighted by molar-refractivity contribution is 5.73. The molecule has 0 saturated heterocycles. The third-order valence-corrected chi connectivity index (χ3v) is 3.31. The van der Waals surface area contributed by atoms with Crippen LogP contribution >= 0.6 is 0 Å². The van der Waals surface area contributed by atoms with Gasteiger partial charge in [0.05, 0.1) is 11.9 Å². The molecule has 5 heteroatoms. The molecule has 2 amide bonds. The van der Waals surface area contributed by atoms with Crippen molar-refractivity contribution in [2.75, 3.05) is 13.1 Å². The van der Waals surface area contributed by atoms with Gasteiger partial charge in [0, 0.05) is 19.5 Å². The molecule has 2 aromatic rings. The Kier molecular flexibility index (Phi) is 5.61. The Hall–Kier alpha value is -2.27. The monoisotopic (exact) mass is 302 g/mol. The number of hydrogen-bond acceptors (Lipinski definition) is 3. The Labute approximate surface area is 130 Å². The van der Waals surface area contributed by atoms with Crippen LogP contribution in [0.25, 0.3) is 0 Å². The number of nitrogens with one attached hydrogen (secondary N) is 2. The van der Waals surface area contributed by atoms with Gasteiger partial charge in [0.25, 0.3) is 0 Å². The Morgan fingerprint density at radius 3 is 2.64 bits per heavy atom. The van der Waals surface area contributed by atoms with Gasteiger partial charge in [-0.05, 0) is 31.0 Å². The fraction of sp³-hybridized carbons (Fsp3) is 0.353. The van der Waals surface area contributed by atoms with Gasteiger partial charge in [0.2, 0.25) is 0 Å². The molecule has 3 N–H and O–H groups in total. The van der Waals surface area contributed by atoms with Gasteiger partial charge < -0.3 is 20.2 Å². The van der Waals surface area contributed by atoms with E-state index in [4.69, 9.17) is 4.42 Å². The molecule has 1 aromatic heterocycles. The van der Waals surface area contributed by atoms with Crippen LogP contribution in [0, 0.1) is 0 Å². The van der Waals surface area contributed by atoms with Crippen LogP contribution in [-0.2, 0) is 12.8 Å². The number of amides is 2. The molecule has 5 nitrogen and oxygen atoms in total. The lowest BCUT2D eigenvalue weighted by Gasteiger charge is -2.22. The quantitative estimate of drug-likeness (QED) is 0.733. The summed E-state index contributed by atoms with van der Waals surface area (Å²) < 4.78 is 5.20. The summed E-state index contributed by atoms with van der Waals surface area (Å²) in [6.45, 7) is 2.38. The topological polar surface area (TPSA) is 74.5 Å². The summed E-state index contributed by atoms with van der Waals surface area (Å²) in [6, 6.07) is 13.2. The van der Waals surface area contributed by atoms with Gasteiger partial charge in [-0.2, -0.15) is 0 Å². The van der Waals surface area contributed by atoms with E-state index in [-0.39, 0.29) is 12.6 Å². The van der Waals surface area contributed by atoms with E-state index < -0.39 is 5.60 Å². The van der Waals surface area contributed by atoms with Crippen molar-refractivity contribution >= 4 is 6.03 Å². The fourth-order valence-corrected chi connectivity index (χ4v) is 2.15. The first kappa shape index (κ1) is 16.1. The van der Waals surface area contributed by atoms with Crippen molar-refractivity contribution in [2.45, 2.75) is 25.4 Å². The molecule has 0 aliphatic rings. The second-order valence-electron chi connectivity index (χ2n) is 5.60. The zero-order valence-corrected chi connectivity index (χ0v) is 12.7. The van der Waals surface area contributed by atoms with Crippen molar-refractivity contribution in [3.8, 4) is 0 Å². The van der Waals surface area contributed by atoms with Crippen LogP contribution in [0.4, 0.5) is 4.79 Å². The van der Waals surface area contributed by atoms with Gasteiger partial charge in [-0.15, -0.1) is 0 Å². The van der Waals surface area contributed by atoms with Gasteiger partial charge in [-0.1, -0.05) is 30.3 Å². The Bertz CT molecular complexity index is 565. The van der Waals surface area contributed by atoms with E-state index in [2.05, 4.69) is 10.6 Å². The lowest BCUT2D eigenvalue weighted by molar-refractivity contribution is 0.0572. The molecule has 0 fully saturated rings. The highest BCUT2D eigenvalue weighted by atomic mass is 16.3. The minimum absolute atomic E-state index is 0.158. The van der Waals surface area contributed by atoms with E-state index >= 15 is 0 Å². The molecule has 0 aliphatic carbocycles. The number of urea groups is 1. The molecular formula is C17H22N2O3. The number of carbonyl (C=O) groups is 1. The molecule has 0 saturated carbocycles. The number of hydrogen-bond donors (Lipinski definition) is 3. The minimum Gasteiger partial charge on any atom is -0.469 e. The smallest absolute Gasteiger partial charge is 0.314 e. The maximum Gasteiger partial charge on any atom is 0.314 e. The molecule has 0 spiro atoms. The van der Waals surface area contributed by atoms with E-state index in [0.717, 1.165) is 6.42 Å². The number of furan rings is 1. The maximum absolute atomic E-state index is 11.7. The molecule has 1 aromatic carbocycles. The first-order valence-corrected chi connectivity index (χ1v) is 7.35. The molecule has 118 valence electrons. The summed E-state index contributed by atoms with van der Waals surface area (Å²) in [5.41, 5.74) is 0.127. The van der Waals surface area contributed by atoms with E-state index in [1.807, 2.05) is 30.3 Å². The van der Waals surface area contributed by atoms with Crippen LogP contribution < -0.4 is 10.6 Å². The van der Waals surface area contributed by atoms with Crippen molar-refractivity contribution < 1.29 is 14.3 Å². The van der Waals surface area contributed by atoms with Crippen molar-refractivity contribution in [1.82, 2.24) is 10.6 Å². The van der Waals surface area contributed by atoms with Gasteiger partial charge >= 0.3 is 6.03 Å². The van der Waals surface area contributed by atoms with Crippen molar-refractivity contribution in [3.63, 3.8) is 0 Å². The summed E-state index contributed by atoms with van der Waals surface area (Å²) in [6.07, 6.45) is 2.69. The van der Waals surface area contributed by atoms with E-state index in [9.17, 15) is 9.90 Å². The fourth-order valence-electron chi connectivity index (χ4n) is 2.15. The van der Waals surface area contributed by atoms with Gasteiger partial charge in [0.15, 0.2) is 0 Å². The normalized spacial score (nSPS) is 13.4. The molecule has 22 heavy (non-hydrogen) atoms. The highest BCUT2D eigenvalue weighted by Gasteiger charge is 2.23. The third kappa shape index (κ3) is 5.61. The van der Waals surface area contributed by atoms with Gasteiger partial charge in [0.1, 0.15) is 5.76 Å². The molecule has 0 bridgehead atoms. The summed E-state index contributed by atoms with van der Waals surface area (Å²) in [7, 11) is 0. The highest BCUT2D eigenvalue weighted by Crippen LogP contribution is 2.12. The summed E-state index contributed by atoms with van der Waals surface area (Å²) in [4.78, 5) is 11.7. The summed E-state index contributed by atoms with van der Waals surface area (Å²) in [5.74, 6) is 0.691. The molecule has 0 unspecified atom stereocenters. The molecule has 0 aliphatic heterocycles. The van der Waals surface area contributed by atoms with Gasteiger partial charge in [-0.25, -0.2) is 4.79 Å². The lowest BCUT2D eigenvalue weighted by atomic mass is 10.0. The van der Waals surface area contributed by atoms with Crippen molar-refractivity contribution in [1.29, 1.82) is 0 Å². The average molecular weight is 302 g/mol. The molecule has 1 heterocycles. The second-order valence-corrected chi connectivity index (χ2v) is 5.60. The molecular weight excluding hydrogens is 280 g/mol. The first-order chi connectivity index (χ1) is 10.6. The van der Waals surface area contributed by atoms with Crippen LogP contribution in [0.5, 0.6) is 0 Å². The average Bonchev–Trinajstić information content (AvgIpc) is 2.99. The van der Waals surface area contributed by atoms with E-state index in [0.29, 0.717) is 18.7 Å². The Morgan fingerprint density at radius 1 is 1.18 bits per heavy atom. The number of benzene rings is 1. The minimum atomic E-state index is -1.05. The van der Waals surface area contributed by atoms with Crippen molar-refractivity contribution in [2.24, 2.45) is 0 Å². The summed E-state index contributed by atoms with van der Waals surface area (Å²) >= 11 is 0. The van der Waals surface area contributed by atoms with Crippen LogP contribution in [0.1, 0.15) is 18.2 Å². The van der Waals surface area contributed by atoms with Crippen LogP contribution in [0.15, 0.2) is 53.1 Å². The standard InChI is InChI=1S/C17H22N2O3/c1-17(21,12-15-8-5-11-22-15)13-19-16(20)18-10-9-14-6-3-2-4-7-14/h2-8,11,21H,9-10,12-13H2,1H3,(H2,18,19,20)/t17-/m0/s1. The predicted octanol–water partition coefficient (Wildman–Crippen LogP) is 2.11. The summed E-state index contributed by atoms with van der Waals surface area (Å²) in [5, 5.41) is 15.7. The van der Waals surface area contributed by atoms with Crippen LogP contribution in [-0.4, -0.2) is 29.8 Å². The molecule has 2 rings (SSSR count). The second kappa shape index (κ2) is 7.66. The zero-order valence-electron chi connectivity index (χ0n) is 12.7. The number of aliphatic hydroxyl groups is 1. The Balaban J connectivity index is 1.66. The SMILES string of the molecule is C[C@@](O)(CNC(=O)NCCc1ccccc1)Cc1ccco1. The molecule has 0 radical (unpaired) electrons. The molecule has 1 atom stereocenters. The van der Waals surface area contributed by atoms with Crippen LogP contribution in [0.2, 0.25) is 0 Å². The maximum atomic E-state index is 11.7. The number of carbonyl (C=O) groups excluding carboxylic acids is 1. The Morgan fingerprint density at radius 2 is 1.95 bits per heavy atom. The van der Waals surface area contributed by atoms with E-state index in [1.165, 1.54) is 5.56 Å².